The molecular weight excluding hydrogens is 314 g/mol. The van der Waals surface area contributed by atoms with Gasteiger partial charge in [-0.25, -0.2) is 0 Å². The number of methoxy groups -OCH3 is 2. The number of ether oxygens (including phenoxy) is 2. The molecule has 2 amide bonds. The summed E-state index contributed by atoms with van der Waals surface area (Å²) in [5.74, 6) is 0.440. The van der Waals surface area contributed by atoms with E-state index in [4.69, 9.17) is 9.47 Å². The van der Waals surface area contributed by atoms with Gasteiger partial charge in [-0.1, -0.05) is 0 Å². The minimum atomic E-state index is -0.359. The maximum absolute atomic E-state index is 11.7. The molecule has 1 aromatic heterocycles. The summed E-state index contributed by atoms with van der Waals surface area (Å²) < 4.78 is 9.58. The van der Waals surface area contributed by atoms with E-state index in [1.54, 1.807) is 6.07 Å². The largest absolute Gasteiger partial charge is 0.375 e. The first-order chi connectivity index (χ1) is 11.6. The number of hydrogen-bond donors (Lipinski definition) is 2. The van der Waals surface area contributed by atoms with Gasteiger partial charge in [0.15, 0.2) is 0 Å². The van der Waals surface area contributed by atoms with Gasteiger partial charge in [0.1, 0.15) is 24.8 Å². The third-order valence-corrected chi connectivity index (χ3v) is 3.46. The molecule has 0 aliphatic carbocycles. The fourth-order valence-electron chi connectivity index (χ4n) is 2.44. The molecule has 1 saturated heterocycles. The van der Waals surface area contributed by atoms with Crippen LogP contribution in [0.3, 0.4) is 0 Å². The average molecular weight is 337 g/mol. The highest BCUT2D eigenvalue weighted by Crippen LogP contribution is 2.22. The van der Waals surface area contributed by atoms with Gasteiger partial charge in [-0.3, -0.25) is 14.9 Å². The summed E-state index contributed by atoms with van der Waals surface area (Å²) in [6, 6.07) is 1.70. The van der Waals surface area contributed by atoms with Crippen LogP contribution >= 0.6 is 0 Å². The Kier molecular flexibility index (Phi) is 6.89. The van der Waals surface area contributed by atoms with Crippen LogP contribution < -0.4 is 15.5 Å². The molecule has 0 radical (unpaired) electrons. The zero-order valence-corrected chi connectivity index (χ0v) is 14.0. The van der Waals surface area contributed by atoms with Gasteiger partial charge < -0.3 is 19.7 Å². The lowest BCUT2D eigenvalue weighted by atomic mass is 10.1. The molecule has 0 unspecified atom stereocenters. The third kappa shape index (κ3) is 5.43. The SMILES string of the molecule is COCC(=O)Nc1cc(N2CCCCC2)nc(NC(=O)COC)n1. The van der Waals surface area contributed by atoms with Crippen molar-refractivity contribution in [3.63, 3.8) is 0 Å². The van der Waals surface area contributed by atoms with Crippen LogP contribution in [-0.4, -0.2) is 62.3 Å². The summed E-state index contributed by atoms with van der Waals surface area (Å²) in [6.07, 6.45) is 3.36. The second-order valence-corrected chi connectivity index (χ2v) is 5.45. The highest BCUT2D eigenvalue weighted by molar-refractivity contribution is 5.92. The molecule has 132 valence electrons. The highest BCUT2D eigenvalue weighted by Gasteiger charge is 2.16. The van der Waals surface area contributed by atoms with Crippen molar-refractivity contribution >= 4 is 29.4 Å². The van der Waals surface area contributed by atoms with E-state index in [0.717, 1.165) is 25.9 Å². The number of rotatable bonds is 7. The van der Waals surface area contributed by atoms with Crippen LogP contribution in [0.1, 0.15) is 19.3 Å². The number of nitrogens with zero attached hydrogens (tertiary/aromatic N) is 3. The number of anilines is 3. The van der Waals surface area contributed by atoms with Crippen LogP contribution in [-0.2, 0) is 19.1 Å². The monoisotopic (exact) mass is 337 g/mol. The van der Waals surface area contributed by atoms with Crippen molar-refractivity contribution in [3.8, 4) is 0 Å². The van der Waals surface area contributed by atoms with E-state index in [9.17, 15) is 9.59 Å². The molecule has 1 fully saturated rings. The molecular formula is C15H23N5O4. The van der Waals surface area contributed by atoms with Crippen molar-refractivity contribution in [3.05, 3.63) is 6.07 Å². The normalized spacial score (nSPS) is 14.3. The Balaban J connectivity index is 2.21. The molecule has 0 spiro atoms. The van der Waals surface area contributed by atoms with Crippen molar-refractivity contribution in [1.29, 1.82) is 0 Å². The molecule has 1 aliphatic heterocycles. The lowest BCUT2D eigenvalue weighted by Gasteiger charge is -2.28. The Labute approximate surface area is 140 Å². The van der Waals surface area contributed by atoms with Gasteiger partial charge in [0.25, 0.3) is 11.8 Å². The van der Waals surface area contributed by atoms with E-state index >= 15 is 0 Å². The van der Waals surface area contributed by atoms with E-state index in [1.165, 1.54) is 20.6 Å². The maximum atomic E-state index is 11.7. The summed E-state index contributed by atoms with van der Waals surface area (Å²) in [5.41, 5.74) is 0. The molecule has 9 nitrogen and oxygen atoms in total. The fraction of sp³-hybridized carbons (Fsp3) is 0.600. The Bertz CT molecular complexity index is 537. The summed E-state index contributed by atoms with van der Waals surface area (Å²) >= 11 is 0. The van der Waals surface area contributed by atoms with Crippen molar-refractivity contribution in [2.75, 3.05) is 56.1 Å². The summed E-state index contributed by atoms with van der Waals surface area (Å²) in [6.45, 7) is 1.60. The molecule has 1 aliphatic rings. The molecule has 2 N–H and O–H groups in total. The molecule has 1 aromatic rings. The van der Waals surface area contributed by atoms with E-state index in [-0.39, 0.29) is 31.0 Å². The number of amides is 2. The van der Waals surface area contributed by atoms with Crippen LogP contribution in [0.25, 0.3) is 0 Å². The van der Waals surface area contributed by atoms with Crippen LogP contribution in [0.5, 0.6) is 0 Å². The molecule has 0 saturated carbocycles. The van der Waals surface area contributed by atoms with Gasteiger partial charge in [-0.2, -0.15) is 9.97 Å². The Hall–Kier alpha value is -2.26. The second kappa shape index (κ2) is 9.14. The molecule has 0 atom stereocenters. The van der Waals surface area contributed by atoms with E-state index < -0.39 is 0 Å². The molecule has 0 bridgehead atoms. The van der Waals surface area contributed by atoms with Crippen LogP contribution in [0.15, 0.2) is 6.07 Å². The summed E-state index contributed by atoms with van der Waals surface area (Å²) in [4.78, 5) is 34.1. The standard InChI is InChI=1S/C15H23N5O4/c1-23-9-13(21)16-11-8-12(20-6-4-3-5-7-20)18-15(17-11)19-14(22)10-24-2/h8H,3-7,9-10H2,1-2H3,(H2,16,17,18,19,21,22). The van der Waals surface area contributed by atoms with Gasteiger partial charge in [0.05, 0.1) is 0 Å². The number of piperidine rings is 1. The molecule has 0 aromatic carbocycles. The van der Waals surface area contributed by atoms with Gasteiger partial charge in [-0.05, 0) is 19.3 Å². The van der Waals surface area contributed by atoms with Crippen molar-refractivity contribution in [2.45, 2.75) is 19.3 Å². The first-order valence-corrected chi connectivity index (χ1v) is 7.84. The van der Waals surface area contributed by atoms with E-state index in [2.05, 4.69) is 25.5 Å². The topological polar surface area (TPSA) is 106 Å². The molecule has 9 heteroatoms. The predicted molar refractivity (Wildman–Crippen MR) is 89.1 cm³/mol. The van der Waals surface area contributed by atoms with Crippen molar-refractivity contribution in [2.24, 2.45) is 0 Å². The van der Waals surface area contributed by atoms with E-state index in [0.29, 0.717) is 11.6 Å². The Morgan fingerprint density at radius 1 is 1.04 bits per heavy atom. The first kappa shape index (κ1) is 18.1. The van der Waals surface area contributed by atoms with Gasteiger partial charge in [0, 0.05) is 33.4 Å². The number of carbonyl (C=O) groups is 2. The maximum Gasteiger partial charge on any atom is 0.252 e. The zero-order valence-electron chi connectivity index (χ0n) is 14.0. The lowest BCUT2D eigenvalue weighted by Crippen LogP contribution is -2.31. The zero-order chi connectivity index (χ0) is 17.4. The lowest BCUT2D eigenvalue weighted by molar-refractivity contribution is -0.120. The van der Waals surface area contributed by atoms with Crippen LogP contribution in [0, 0.1) is 0 Å². The highest BCUT2D eigenvalue weighted by atomic mass is 16.5. The second-order valence-electron chi connectivity index (χ2n) is 5.45. The van der Waals surface area contributed by atoms with Crippen LogP contribution in [0.2, 0.25) is 0 Å². The van der Waals surface area contributed by atoms with E-state index in [1.807, 2.05) is 0 Å². The van der Waals surface area contributed by atoms with Gasteiger partial charge in [-0.15, -0.1) is 0 Å². The Morgan fingerprint density at radius 3 is 2.29 bits per heavy atom. The minimum Gasteiger partial charge on any atom is -0.375 e. The third-order valence-electron chi connectivity index (χ3n) is 3.46. The number of aromatic nitrogens is 2. The summed E-state index contributed by atoms with van der Waals surface area (Å²) in [5, 5.41) is 5.22. The number of nitrogens with one attached hydrogen (secondary N) is 2. The average Bonchev–Trinajstić information content (AvgIpc) is 2.55. The number of carbonyl (C=O) groups excluding carboxylic acids is 2. The van der Waals surface area contributed by atoms with Gasteiger partial charge in [0.2, 0.25) is 5.95 Å². The first-order valence-electron chi connectivity index (χ1n) is 7.84. The van der Waals surface area contributed by atoms with Crippen molar-refractivity contribution in [1.82, 2.24) is 9.97 Å². The number of hydrogen-bond acceptors (Lipinski definition) is 7. The Morgan fingerprint density at radius 2 is 1.67 bits per heavy atom. The molecule has 24 heavy (non-hydrogen) atoms. The van der Waals surface area contributed by atoms with Crippen molar-refractivity contribution < 1.29 is 19.1 Å². The van der Waals surface area contributed by atoms with Crippen LogP contribution in [0.4, 0.5) is 17.6 Å². The predicted octanol–water partition coefficient (Wildman–Crippen LogP) is 0.637. The molecule has 2 rings (SSSR count). The molecule has 2 heterocycles. The minimum absolute atomic E-state index is 0.0750. The quantitative estimate of drug-likeness (QED) is 0.752. The summed E-state index contributed by atoms with van der Waals surface area (Å²) in [7, 11) is 2.87. The fourth-order valence-corrected chi connectivity index (χ4v) is 2.44. The van der Waals surface area contributed by atoms with Gasteiger partial charge >= 0.3 is 0 Å². The smallest absolute Gasteiger partial charge is 0.252 e.